The molecular weight excluding hydrogens is 396 g/mol. The lowest BCUT2D eigenvalue weighted by Gasteiger charge is -2.30. The fraction of sp³-hybridized carbons (Fsp3) is 0.350. The molecule has 2 unspecified atom stereocenters. The quantitative estimate of drug-likeness (QED) is 0.292. The van der Waals surface area contributed by atoms with Crippen molar-refractivity contribution in [2.45, 2.75) is 37.9 Å². The van der Waals surface area contributed by atoms with Crippen molar-refractivity contribution in [2.24, 2.45) is 5.41 Å². The van der Waals surface area contributed by atoms with E-state index in [1.165, 1.54) is 29.7 Å². The van der Waals surface area contributed by atoms with E-state index in [1.807, 2.05) is 18.2 Å². The maximum absolute atomic E-state index is 12.7. The maximum Gasteiger partial charge on any atom is 0.261 e. The predicted molar refractivity (Wildman–Crippen MR) is 107 cm³/mol. The van der Waals surface area contributed by atoms with Crippen LogP contribution in [-0.4, -0.2) is 42.7 Å². The van der Waals surface area contributed by atoms with Gasteiger partial charge in [-0.1, -0.05) is 39.0 Å². The van der Waals surface area contributed by atoms with E-state index in [4.69, 9.17) is 9.94 Å². The second kappa shape index (κ2) is 9.36. The summed E-state index contributed by atoms with van der Waals surface area (Å²) in [6.45, 7) is 5.16. The van der Waals surface area contributed by atoms with Crippen LogP contribution in [0, 0.1) is 5.41 Å². The van der Waals surface area contributed by atoms with Crippen LogP contribution in [0.15, 0.2) is 59.5 Å². The average Bonchev–Trinajstić information content (AvgIpc) is 2.67. The Labute approximate surface area is 170 Å². The number of rotatable bonds is 8. The van der Waals surface area contributed by atoms with E-state index in [1.54, 1.807) is 32.9 Å². The predicted octanol–water partition coefficient (Wildman–Crippen LogP) is 2.08. The van der Waals surface area contributed by atoms with Crippen LogP contribution in [0.2, 0.25) is 0 Å². The van der Waals surface area contributed by atoms with Gasteiger partial charge in [-0.25, -0.2) is 13.9 Å². The summed E-state index contributed by atoms with van der Waals surface area (Å²) in [6, 6.07) is 13.5. The largest absolute Gasteiger partial charge is 0.457 e. The van der Waals surface area contributed by atoms with Crippen LogP contribution in [0.4, 0.5) is 0 Å². The van der Waals surface area contributed by atoms with Gasteiger partial charge in [0, 0.05) is 5.41 Å². The number of sulfone groups is 1. The lowest BCUT2D eigenvalue weighted by molar-refractivity contribution is -0.132. The molecule has 158 valence electrons. The smallest absolute Gasteiger partial charge is 0.261 e. The van der Waals surface area contributed by atoms with Gasteiger partial charge in [-0.3, -0.25) is 15.3 Å². The van der Waals surface area contributed by atoms with Crippen molar-refractivity contribution < 1.29 is 28.3 Å². The molecule has 2 aromatic rings. The Morgan fingerprint density at radius 1 is 1.03 bits per heavy atom. The third kappa shape index (κ3) is 6.53. The van der Waals surface area contributed by atoms with Gasteiger partial charge in [-0.2, -0.15) is 0 Å². The number of aliphatic hydroxyl groups excluding tert-OH is 1. The van der Waals surface area contributed by atoms with E-state index in [0.717, 1.165) is 0 Å². The van der Waals surface area contributed by atoms with Gasteiger partial charge in [0.15, 0.2) is 9.84 Å². The number of para-hydroxylation sites is 1. The SMILES string of the molecule is CC(C)(C)C(O)NC(CS(=O)(=O)c1ccc(Oc2ccccc2)cc1)C(=O)NO. The highest BCUT2D eigenvalue weighted by Crippen LogP contribution is 2.24. The minimum absolute atomic E-state index is 0.0132. The molecule has 0 aromatic heterocycles. The molecule has 0 bridgehead atoms. The first kappa shape index (κ1) is 22.8. The van der Waals surface area contributed by atoms with Gasteiger partial charge in [-0.15, -0.1) is 0 Å². The summed E-state index contributed by atoms with van der Waals surface area (Å²) >= 11 is 0. The third-order valence-electron chi connectivity index (χ3n) is 4.15. The highest BCUT2D eigenvalue weighted by atomic mass is 32.2. The van der Waals surface area contributed by atoms with Crippen LogP contribution in [0.25, 0.3) is 0 Å². The van der Waals surface area contributed by atoms with Gasteiger partial charge in [0.1, 0.15) is 23.8 Å². The Bertz CT molecular complexity index is 908. The van der Waals surface area contributed by atoms with Crippen LogP contribution in [0.1, 0.15) is 20.8 Å². The summed E-state index contributed by atoms with van der Waals surface area (Å²) in [4.78, 5) is 11.9. The first-order valence-electron chi connectivity index (χ1n) is 8.97. The van der Waals surface area contributed by atoms with E-state index in [2.05, 4.69) is 5.32 Å². The van der Waals surface area contributed by atoms with Crippen molar-refractivity contribution in [1.82, 2.24) is 10.8 Å². The zero-order valence-electron chi connectivity index (χ0n) is 16.5. The fourth-order valence-electron chi connectivity index (χ4n) is 2.37. The van der Waals surface area contributed by atoms with Crippen molar-refractivity contribution in [3.05, 3.63) is 54.6 Å². The van der Waals surface area contributed by atoms with Gasteiger partial charge in [0.2, 0.25) is 0 Å². The Morgan fingerprint density at radius 3 is 2.10 bits per heavy atom. The number of benzene rings is 2. The molecule has 1 amide bonds. The molecule has 0 aliphatic heterocycles. The molecule has 0 aliphatic rings. The summed E-state index contributed by atoms with van der Waals surface area (Å²) < 4.78 is 31.1. The fourth-order valence-corrected chi connectivity index (χ4v) is 3.80. The summed E-state index contributed by atoms with van der Waals surface area (Å²) in [5, 5.41) is 21.6. The van der Waals surface area contributed by atoms with Gasteiger partial charge in [0.25, 0.3) is 5.91 Å². The Morgan fingerprint density at radius 2 is 1.59 bits per heavy atom. The van der Waals surface area contributed by atoms with E-state index in [-0.39, 0.29) is 4.90 Å². The first-order chi connectivity index (χ1) is 13.5. The molecule has 2 rings (SSSR count). The molecule has 8 nitrogen and oxygen atoms in total. The third-order valence-corrected chi connectivity index (χ3v) is 5.92. The molecular formula is C20H26N2O6S. The van der Waals surface area contributed by atoms with Crippen LogP contribution in [0.5, 0.6) is 11.5 Å². The van der Waals surface area contributed by atoms with Crippen molar-refractivity contribution in [3.8, 4) is 11.5 Å². The number of carbonyl (C=O) groups excluding carboxylic acids is 1. The van der Waals surface area contributed by atoms with Crippen LogP contribution >= 0.6 is 0 Å². The normalized spacial score (nSPS) is 14.1. The number of aliphatic hydroxyl groups is 1. The molecule has 9 heteroatoms. The lowest BCUT2D eigenvalue weighted by Crippen LogP contribution is -2.54. The number of carbonyl (C=O) groups is 1. The highest BCUT2D eigenvalue weighted by molar-refractivity contribution is 7.91. The molecule has 0 radical (unpaired) electrons. The zero-order valence-corrected chi connectivity index (χ0v) is 17.3. The van der Waals surface area contributed by atoms with Gasteiger partial charge in [0.05, 0.1) is 10.6 Å². The van der Waals surface area contributed by atoms with E-state index < -0.39 is 39.2 Å². The van der Waals surface area contributed by atoms with Crippen molar-refractivity contribution in [1.29, 1.82) is 0 Å². The lowest BCUT2D eigenvalue weighted by atomic mass is 9.94. The van der Waals surface area contributed by atoms with Crippen molar-refractivity contribution in [3.63, 3.8) is 0 Å². The van der Waals surface area contributed by atoms with Crippen LogP contribution < -0.4 is 15.5 Å². The van der Waals surface area contributed by atoms with E-state index >= 15 is 0 Å². The van der Waals surface area contributed by atoms with Gasteiger partial charge >= 0.3 is 0 Å². The van der Waals surface area contributed by atoms with Gasteiger partial charge < -0.3 is 9.84 Å². The van der Waals surface area contributed by atoms with Crippen molar-refractivity contribution in [2.75, 3.05) is 5.75 Å². The number of ether oxygens (including phenoxy) is 1. The number of hydrogen-bond donors (Lipinski definition) is 4. The van der Waals surface area contributed by atoms with Crippen LogP contribution in [-0.2, 0) is 14.6 Å². The molecule has 4 N–H and O–H groups in total. The zero-order chi connectivity index (χ0) is 21.7. The standard InChI is InChI=1S/C20H26N2O6S/c1-20(2,3)19(24)21-17(18(23)22-25)13-29(26,27)16-11-9-15(10-12-16)28-14-7-5-4-6-8-14/h4-12,17,19,21,24-25H,13H2,1-3H3,(H,22,23). The van der Waals surface area contributed by atoms with E-state index in [0.29, 0.717) is 11.5 Å². The molecule has 2 aromatic carbocycles. The molecule has 0 aliphatic carbocycles. The highest BCUT2D eigenvalue weighted by Gasteiger charge is 2.32. The monoisotopic (exact) mass is 422 g/mol. The molecule has 0 fully saturated rings. The summed E-state index contributed by atoms with van der Waals surface area (Å²) in [7, 11) is -3.90. The van der Waals surface area contributed by atoms with Crippen LogP contribution in [0.3, 0.4) is 0 Å². The molecule has 0 saturated carbocycles. The maximum atomic E-state index is 12.7. The molecule has 29 heavy (non-hydrogen) atoms. The number of hydrogen-bond acceptors (Lipinski definition) is 7. The Hall–Kier alpha value is -2.46. The summed E-state index contributed by atoms with van der Waals surface area (Å²) in [5.74, 6) is -0.532. The first-order valence-corrected chi connectivity index (χ1v) is 10.6. The molecule has 0 heterocycles. The van der Waals surface area contributed by atoms with Gasteiger partial charge in [-0.05, 0) is 36.4 Å². The molecule has 0 saturated heterocycles. The summed E-state index contributed by atoms with van der Waals surface area (Å²) in [5.41, 5.74) is 0.791. The molecule has 2 atom stereocenters. The molecule has 0 spiro atoms. The minimum atomic E-state index is -3.90. The van der Waals surface area contributed by atoms with E-state index in [9.17, 15) is 18.3 Å². The summed E-state index contributed by atoms with van der Waals surface area (Å²) in [6.07, 6.45) is -1.17. The topological polar surface area (TPSA) is 125 Å². The second-order valence-corrected chi connectivity index (χ2v) is 9.67. The Balaban J connectivity index is 2.15. The second-order valence-electron chi connectivity index (χ2n) is 7.63. The average molecular weight is 423 g/mol. The minimum Gasteiger partial charge on any atom is -0.457 e. The number of hydroxylamine groups is 1. The number of nitrogens with one attached hydrogen (secondary N) is 2. The number of amides is 1. The van der Waals surface area contributed by atoms with Crippen molar-refractivity contribution >= 4 is 15.7 Å². The Kier molecular flexibility index (Phi) is 7.37.